The summed E-state index contributed by atoms with van der Waals surface area (Å²) in [6.45, 7) is 5.83. The second-order valence-corrected chi connectivity index (χ2v) is 15.0. The molecule has 1 aliphatic rings. The number of nitrogens with zero attached hydrogens (tertiary/aromatic N) is 2. The molecule has 0 saturated heterocycles. The van der Waals surface area contributed by atoms with Gasteiger partial charge in [0.05, 0.1) is 30.4 Å². The van der Waals surface area contributed by atoms with Crippen LogP contribution in [0.1, 0.15) is 50.4 Å². The minimum absolute atomic E-state index is 0.0737. The number of fused-ring (bicyclic) bond motifs is 1. The molecule has 4 atom stereocenters. The average molecular weight is 691 g/mol. The summed E-state index contributed by atoms with van der Waals surface area (Å²) in [6.07, 6.45) is 1.40. The Labute approximate surface area is 279 Å². The number of hydrogen-bond acceptors (Lipinski definition) is 8. The molecule has 3 N–H and O–H groups in total. The molecule has 47 heavy (non-hydrogen) atoms. The maximum atomic E-state index is 14.3. The van der Waals surface area contributed by atoms with Gasteiger partial charge in [-0.2, -0.15) is 4.31 Å². The smallest absolute Gasteiger partial charge is 0.323 e. The lowest BCUT2D eigenvalue weighted by Gasteiger charge is -2.35. The van der Waals surface area contributed by atoms with Crippen LogP contribution in [0.2, 0.25) is 0 Å². The Balaban J connectivity index is 1.62. The molecule has 1 aliphatic heterocycles. The fourth-order valence-electron chi connectivity index (χ4n) is 5.20. The summed E-state index contributed by atoms with van der Waals surface area (Å²) in [4.78, 5) is 28.6. The van der Waals surface area contributed by atoms with E-state index in [-0.39, 0.29) is 41.5 Å². The van der Waals surface area contributed by atoms with Gasteiger partial charge in [-0.25, -0.2) is 17.6 Å². The third-order valence-corrected chi connectivity index (χ3v) is 11.2. The monoisotopic (exact) mass is 690 g/mol. The third-order valence-electron chi connectivity index (χ3n) is 8.01. The first-order chi connectivity index (χ1) is 22.4. The van der Waals surface area contributed by atoms with E-state index in [1.165, 1.54) is 46.6 Å². The Morgan fingerprint density at radius 2 is 1.83 bits per heavy atom. The lowest BCUT2D eigenvalue weighted by molar-refractivity contribution is -0.00832. The number of aliphatic hydroxyl groups is 1. The van der Waals surface area contributed by atoms with E-state index in [2.05, 4.69) is 10.6 Å². The summed E-state index contributed by atoms with van der Waals surface area (Å²) in [7, 11) is -2.21. The summed E-state index contributed by atoms with van der Waals surface area (Å²) in [5, 5.41) is 17.2. The first kappa shape index (κ1) is 36.3. The van der Waals surface area contributed by atoms with Gasteiger partial charge in [-0.15, -0.1) is 11.3 Å². The van der Waals surface area contributed by atoms with Crippen LogP contribution in [0, 0.1) is 11.7 Å². The molecule has 0 radical (unpaired) electrons. The number of anilines is 2. The number of carbonyl (C=O) groups is 2. The second kappa shape index (κ2) is 16.5. The normalized spacial score (nSPS) is 20.5. The lowest BCUT2D eigenvalue weighted by Crippen LogP contribution is -2.48. The van der Waals surface area contributed by atoms with Gasteiger partial charge in [0.25, 0.3) is 15.9 Å². The average Bonchev–Trinajstić information content (AvgIpc) is 3.60. The van der Waals surface area contributed by atoms with E-state index < -0.39 is 39.9 Å². The number of urea groups is 1. The van der Waals surface area contributed by atoms with Gasteiger partial charge < -0.3 is 30.1 Å². The maximum Gasteiger partial charge on any atom is 0.323 e. The van der Waals surface area contributed by atoms with E-state index in [0.717, 1.165) is 24.2 Å². The van der Waals surface area contributed by atoms with E-state index in [1.807, 2.05) is 13.8 Å². The van der Waals surface area contributed by atoms with Crippen LogP contribution in [-0.4, -0.2) is 86.3 Å². The molecule has 14 heteroatoms. The Bertz CT molecular complexity index is 1590. The molecule has 0 spiro atoms. The second-order valence-electron chi connectivity index (χ2n) is 11.8. The zero-order valence-corrected chi connectivity index (χ0v) is 28.7. The molecule has 3 amide bonds. The molecule has 2 heterocycles. The van der Waals surface area contributed by atoms with Crippen molar-refractivity contribution in [3.63, 3.8) is 0 Å². The highest BCUT2D eigenvalue weighted by atomic mass is 32.2. The molecular formula is C33H43FN4O7S2. The van der Waals surface area contributed by atoms with Crippen LogP contribution in [0.4, 0.5) is 20.6 Å². The number of likely N-dealkylation sites (N-methyl/N-ethyl adjacent to an activating group) is 1. The van der Waals surface area contributed by atoms with Crippen molar-refractivity contribution in [2.24, 2.45) is 5.92 Å². The maximum absolute atomic E-state index is 14.3. The van der Waals surface area contributed by atoms with Crippen LogP contribution in [0.15, 0.2) is 64.2 Å². The Hall–Kier alpha value is -3.56. The molecular weight excluding hydrogens is 648 g/mol. The van der Waals surface area contributed by atoms with Crippen LogP contribution < -0.4 is 15.4 Å². The number of rotatable bonds is 8. The largest absolute Gasteiger partial charge is 0.490 e. The Morgan fingerprint density at radius 3 is 2.51 bits per heavy atom. The van der Waals surface area contributed by atoms with Gasteiger partial charge in [0.15, 0.2) is 0 Å². The van der Waals surface area contributed by atoms with E-state index in [0.29, 0.717) is 30.2 Å². The first-order valence-electron chi connectivity index (χ1n) is 15.6. The van der Waals surface area contributed by atoms with Crippen LogP contribution in [0.3, 0.4) is 0 Å². The number of benzene rings is 2. The molecule has 3 aromatic rings. The highest BCUT2D eigenvalue weighted by molar-refractivity contribution is 7.91. The molecule has 0 unspecified atom stereocenters. The zero-order chi connectivity index (χ0) is 34.1. The summed E-state index contributed by atoms with van der Waals surface area (Å²) in [5.41, 5.74) is 0.897. The van der Waals surface area contributed by atoms with Gasteiger partial charge in [0.1, 0.15) is 15.8 Å². The number of halogens is 1. The number of amides is 3. The lowest BCUT2D eigenvalue weighted by atomic mass is 10.0. The van der Waals surface area contributed by atoms with E-state index >= 15 is 0 Å². The van der Waals surface area contributed by atoms with Gasteiger partial charge in [-0.05, 0) is 87.0 Å². The topological polar surface area (TPSA) is 138 Å². The predicted octanol–water partition coefficient (Wildman–Crippen LogP) is 5.65. The molecule has 2 aromatic carbocycles. The number of thiophene rings is 1. The number of sulfonamides is 1. The van der Waals surface area contributed by atoms with Crippen LogP contribution in [0.5, 0.6) is 5.75 Å². The molecule has 4 rings (SSSR count). The third kappa shape index (κ3) is 9.73. The Morgan fingerprint density at radius 1 is 1.13 bits per heavy atom. The Kier molecular flexibility index (Phi) is 12.7. The van der Waals surface area contributed by atoms with Crippen molar-refractivity contribution in [3.8, 4) is 5.75 Å². The van der Waals surface area contributed by atoms with E-state index in [1.54, 1.807) is 36.6 Å². The van der Waals surface area contributed by atoms with Gasteiger partial charge in [0.2, 0.25) is 0 Å². The molecule has 256 valence electrons. The number of hydrogen-bond donors (Lipinski definition) is 3. The van der Waals surface area contributed by atoms with Gasteiger partial charge in [-0.1, -0.05) is 13.0 Å². The molecule has 0 fully saturated rings. The summed E-state index contributed by atoms with van der Waals surface area (Å²) < 4.78 is 53.8. The van der Waals surface area contributed by atoms with Crippen LogP contribution >= 0.6 is 11.3 Å². The van der Waals surface area contributed by atoms with Crippen molar-refractivity contribution in [1.29, 1.82) is 0 Å². The quantitative estimate of drug-likeness (QED) is 0.278. The molecule has 1 aromatic heterocycles. The van der Waals surface area contributed by atoms with Crippen LogP contribution in [0.25, 0.3) is 0 Å². The van der Waals surface area contributed by atoms with Gasteiger partial charge >= 0.3 is 6.03 Å². The zero-order valence-electron chi connectivity index (χ0n) is 27.0. The number of nitrogens with one attached hydrogen (secondary N) is 2. The van der Waals surface area contributed by atoms with Crippen molar-refractivity contribution >= 4 is 44.7 Å². The van der Waals surface area contributed by atoms with Crippen molar-refractivity contribution in [2.75, 3.05) is 44.0 Å². The fourth-order valence-corrected chi connectivity index (χ4v) is 7.59. The summed E-state index contributed by atoms with van der Waals surface area (Å²) in [6, 6.07) is 12.2. The van der Waals surface area contributed by atoms with Crippen molar-refractivity contribution < 1.29 is 37.0 Å². The molecule has 0 bridgehead atoms. The minimum atomic E-state index is -3.73. The summed E-state index contributed by atoms with van der Waals surface area (Å²) >= 11 is 1.14. The van der Waals surface area contributed by atoms with Gasteiger partial charge in [-0.3, -0.25) is 4.79 Å². The number of aliphatic hydroxyl groups excluding tert-OH is 1. The van der Waals surface area contributed by atoms with Crippen LogP contribution in [-0.2, 0) is 14.8 Å². The van der Waals surface area contributed by atoms with E-state index in [9.17, 15) is 27.5 Å². The minimum Gasteiger partial charge on any atom is -0.490 e. The SMILES string of the molecule is C[C@@H]1CCCCO[C@@H](CN(C)S(=O)(=O)c2cccs2)[C@H](C)CN([C@@H](C)CO)C(=O)c2cc(NC(=O)Nc3ccc(F)cc3)ccc2O1. The number of ether oxygens (including phenoxy) is 2. The van der Waals surface area contributed by atoms with Crippen molar-refractivity contribution in [3.05, 3.63) is 71.4 Å². The first-order valence-corrected chi connectivity index (χ1v) is 17.9. The van der Waals surface area contributed by atoms with Crippen molar-refractivity contribution in [2.45, 2.75) is 62.5 Å². The summed E-state index contributed by atoms with van der Waals surface area (Å²) in [5.74, 6) is -0.859. The predicted molar refractivity (Wildman–Crippen MR) is 180 cm³/mol. The van der Waals surface area contributed by atoms with Gasteiger partial charge in [0, 0.05) is 44.0 Å². The van der Waals surface area contributed by atoms with Crippen molar-refractivity contribution in [1.82, 2.24) is 9.21 Å². The standard InChI is InChI=1S/C33H43FN4O7S2/c1-22-19-38(23(2)21-39)32(40)28-18-27(36-33(41)35-26-12-10-25(34)11-13-26)14-15-29(28)45-24(3)8-5-6-16-44-30(22)20-37(4)47(42,43)31-9-7-17-46-31/h7,9-15,17-18,22-24,30,39H,5-6,8,16,19-21H2,1-4H3,(H2,35,36,41)/t22-,23+,24-,30+/m1/s1. The highest BCUT2D eigenvalue weighted by Gasteiger charge is 2.32. The highest BCUT2D eigenvalue weighted by Crippen LogP contribution is 2.29. The molecule has 0 aliphatic carbocycles. The number of carbonyl (C=O) groups excluding carboxylic acids is 2. The molecule has 0 saturated carbocycles. The van der Waals surface area contributed by atoms with E-state index in [4.69, 9.17) is 9.47 Å². The molecule has 11 nitrogen and oxygen atoms in total. The fraction of sp³-hybridized carbons (Fsp3) is 0.455.